The highest BCUT2D eigenvalue weighted by Crippen LogP contribution is 2.19. The molecule has 158 valence electrons. The van der Waals surface area contributed by atoms with Crippen LogP contribution in [0.25, 0.3) is 10.8 Å². The van der Waals surface area contributed by atoms with E-state index in [1.807, 2.05) is 42.5 Å². The van der Waals surface area contributed by atoms with Crippen molar-refractivity contribution in [2.75, 3.05) is 0 Å². The zero-order valence-electron chi connectivity index (χ0n) is 17.0. The van der Waals surface area contributed by atoms with Gasteiger partial charge in [0.2, 0.25) is 5.91 Å². The zero-order valence-corrected chi connectivity index (χ0v) is 18.6. The lowest BCUT2D eigenvalue weighted by Gasteiger charge is -2.06. The monoisotopic (exact) mass is 486 g/mol. The number of benzene rings is 4. The first-order chi connectivity index (χ1) is 15.6. The van der Waals surface area contributed by atoms with Crippen LogP contribution in [-0.2, 0) is 11.2 Å². The van der Waals surface area contributed by atoms with Crippen LogP contribution < -0.4 is 10.2 Å². The van der Waals surface area contributed by atoms with Crippen molar-refractivity contribution in [1.29, 1.82) is 0 Å². The summed E-state index contributed by atoms with van der Waals surface area (Å²) in [5, 5.41) is 6.18. The van der Waals surface area contributed by atoms with Gasteiger partial charge in [-0.25, -0.2) is 10.2 Å². The van der Waals surface area contributed by atoms with Crippen LogP contribution in [0.1, 0.15) is 21.5 Å². The van der Waals surface area contributed by atoms with Gasteiger partial charge >= 0.3 is 5.97 Å². The van der Waals surface area contributed by atoms with Gasteiger partial charge in [0, 0.05) is 4.47 Å². The van der Waals surface area contributed by atoms with Crippen LogP contribution in [0.15, 0.2) is 101 Å². The Labute approximate surface area is 193 Å². The highest BCUT2D eigenvalue weighted by atomic mass is 79.9. The van der Waals surface area contributed by atoms with Crippen LogP contribution in [0.2, 0.25) is 0 Å². The number of nitrogens with zero attached hydrogens (tertiary/aromatic N) is 1. The Bertz CT molecular complexity index is 1280. The number of ether oxygens (including phenoxy) is 1. The van der Waals surface area contributed by atoms with E-state index in [0.29, 0.717) is 11.3 Å². The molecule has 1 N–H and O–H groups in total. The Hall–Kier alpha value is -3.77. The number of hydrazone groups is 1. The van der Waals surface area contributed by atoms with Crippen molar-refractivity contribution in [3.8, 4) is 5.75 Å². The standard InChI is InChI=1S/C26H19BrN2O3/c27-22-12-10-20(11-13-22)26(31)32-23-14-8-18(9-15-23)17-28-29-25(30)16-21-6-3-5-19-4-1-2-7-24(19)21/h1-15,17H,16H2,(H,29,30)/b28-17-. The Balaban J connectivity index is 1.32. The summed E-state index contributed by atoms with van der Waals surface area (Å²) in [5.74, 6) is -0.202. The third-order valence-electron chi connectivity index (χ3n) is 4.80. The molecule has 0 atom stereocenters. The summed E-state index contributed by atoms with van der Waals surface area (Å²) in [6.07, 6.45) is 1.78. The van der Waals surface area contributed by atoms with Crippen molar-refractivity contribution >= 4 is 44.8 Å². The van der Waals surface area contributed by atoms with Crippen LogP contribution >= 0.6 is 15.9 Å². The number of hydrogen-bond donors (Lipinski definition) is 1. The molecule has 32 heavy (non-hydrogen) atoms. The molecular weight excluding hydrogens is 468 g/mol. The number of amides is 1. The van der Waals surface area contributed by atoms with E-state index < -0.39 is 5.97 Å². The summed E-state index contributed by atoms with van der Waals surface area (Å²) in [7, 11) is 0. The second-order valence-corrected chi connectivity index (χ2v) is 7.99. The van der Waals surface area contributed by atoms with Crippen molar-refractivity contribution in [2.24, 2.45) is 5.10 Å². The number of carbonyl (C=O) groups excluding carboxylic acids is 2. The normalized spacial score (nSPS) is 10.9. The van der Waals surface area contributed by atoms with Gasteiger partial charge < -0.3 is 4.74 Å². The van der Waals surface area contributed by atoms with E-state index >= 15 is 0 Å². The predicted molar refractivity (Wildman–Crippen MR) is 129 cm³/mol. The molecule has 0 aromatic heterocycles. The SMILES string of the molecule is O=C(Cc1cccc2ccccc12)N/N=C\c1ccc(OC(=O)c2ccc(Br)cc2)cc1. The van der Waals surface area contributed by atoms with E-state index in [2.05, 4.69) is 26.5 Å². The van der Waals surface area contributed by atoms with Gasteiger partial charge in [-0.15, -0.1) is 0 Å². The van der Waals surface area contributed by atoms with Crippen molar-refractivity contribution in [3.05, 3.63) is 112 Å². The largest absolute Gasteiger partial charge is 0.423 e. The Morgan fingerprint density at radius 1 is 0.875 bits per heavy atom. The van der Waals surface area contributed by atoms with E-state index in [0.717, 1.165) is 26.4 Å². The summed E-state index contributed by atoms with van der Waals surface area (Å²) in [4.78, 5) is 24.5. The van der Waals surface area contributed by atoms with E-state index in [4.69, 9.17) is 4.74 Å². The van der Waals surface area contributed by atoms with Crippen molar-refractivity contribution in [1.82, 2.24) is 5.43 Å². The molecule has 0 heterocycles. The summed E-state index contributed by atoms with van der Waals surface area (Å²) in [6.45, 7) is 0. The first-order valence-corrected chi connectivity index (χ1v) is 10.7. The Morgan fingerprint density at radius 2 is 1.59 bits per heavy atom. The molecule has 0 aliphatic heterocycles. The lowest BCUT2D eigenvalue weighted by Crippen LogP contribution is -2.19. The second kappa shape index (κ2) is 10.0. The van der Waals surface area contributed by atoms with Gasteiger partial charge in [0.1, 0.15) is 5.75 Å². The molecule has 0 aliphatic rings. The number of nitrogens with one attached hydrogen (secondary N) is 1. The van der Waals surface area contributed by atoms with E-state index in [1.54, 1.807) is 54.7 Å². The smallest absolute Gasteiger partial charge is 0.343 e. The number of halogens is 1. The number of esters is 1. The fourth-order valence-corrected chi connectivity index (χ4v) is 3.48. The number of rotatable bonds is 6. The van der Waals surface area contributed by atoms with Gasteiger partial charge in [0.15, 0.2) is 0 Å². The summed E-state index contributed by atoms with van der Waals surface area (Å²) in [5.41, 5.74) is 4.74. The van der Waals surface area contributed by atoms with Crippen LogP contribution in [0.4, 0.5) is 0 Å². The summed E-state index contributed by atoms with van der Waals surface area (Å²) >= 11 is 3.33. The third kappa shape index (κ3) is 5.47. The minimum absolute atomic E-state index is 0.197. The molecule has 0 spiro atoms. The lowest BCUT2D eigenvalue weighted by atomic mass is 10.0. The van der Waals surface area contributed by atoms with Crippen molar-refractivity contribution in [2.45, 2.75) is 6.42 Å². The highest BCUT2D eigenvalue weighted by molar-refractivity contribution is 9.10. The molecule has 0 radical (unpaired) electrons. The summed E-state index contributed by atoms with van der Waals surface area (Å²) in [6, 6.07) is 27.7. The number of fused-ring (bicyclic) bond motifs is 1. The fourth-order valence-electron chi connectivity index (χ4n) is 3.21. The molecule has 6 heteroatoms. The van der Waals surface area contributed by atoms with Gasteiger partial charge in [-0.1, -0.05) is 58.4 Å². The van der Waals surface area contributed by atoms with E-state index in [9.17, 15) is 9.59 Å². The van der Waals surface area contributed by atoms with Crippen LogP contribution in [0, 0.1) is 0 Å². The molecule has 4 rings (SSSR count). The molecule has 5 nitrogen and oxygen atoms in total. The summed E-state index contributed by atoms with van der Waals surface area (Å²) < 4.78 is 6.26. The molecular formula is C26H19BrN2O3. The molecule has 1 amide bonds. The molecule has 4 aromatic rings. The van der Waals surface area contributed by atoms with Crippen LogP contribution in [-0.4, -0.2) is 18.1 Å². The average Bonchev–Trinajstić information content (AvgIpc) is 2.81. The van der Waals surface area contributed by atoms with E-state index in [1.165, 1.54) is 0 Å². The molecule has 0 bridgehead atoms. The minimum Gasteiger partial charge on any atom is -0.423 e. The van der Waals surface area contributed by atoms with Gasteiger partial charge in [-0.3, -0.25) is 4.79 Å². The zero-order chi connectivity index (χ0) is 22.3. The molecule has 0 saturated heterocycles. The van der Waals surface area contributed by atoms with Crippen molar-refractivity contribution < 1.29 is 14.3 Å². The maximum absolute atomic E-state index is 12.3. The Kier molecular flexibility index (Phi) is 6.72. The van der Waals surface area contributed by atoms with Crippen LogP contribution in [0.3, 0.4) is 0 Å². The molecule has 0 saturated carbocycles. The van der Waals surface area contributed by atoms with Crippen LogP contribution in [0.5, 0.6) is 5.75 Å². The quantitative estimate of drug-likeness (QED) is 0.169. The van der Waals surface area contributed by atoms with Gasteiger partial charge in [-0.2, -0.15) is 5.10 Å². The third-order valence-corrected chi connectivity index (χ3v) is 5.33. The maximum atomic E-state index is 12.3. The molecule has 0 aliphatic carbocycles. The fraction of sp³-hybridized carbons (Fsp3) is 0.0385. The number of carbonyl (C=O) groups is 2. The molecule has 0 unspecified atom stereocenters. The second-order valence-electron chi connectivity index (χ2n) is 7.07. The minimum atomic E-state index is -0.431. The lowest BCUT2D eigenvalue weighted by molar-refractivity contribution is -0.120. The molecule has 4 aromatic carbocycles. The first kappa shape index (κ1) is 21.5. The van der Waals surface area contributed by atoms with E-state index in [-0.39, 0.29) is 12.3 Å². The Morgan fingerprint density at radius 3 is 2.38 bits per heavy atom. The van der Waals surface area contributed by atoms with Crippen molar-refractivity contribution in [3.63, 3.8) is 0 Å². The average molecular weight is 487 g/mol. The van der Waals surface area contributed by atoms with Gasteiger partial charge in [0.05, 0.1) is 18.2 Å². The highest BCUT2D eigenvalue weighted by Gasteiger charge is 2.08. The maximum Gasteiger partial charge on any atom is 0.343 e. The number of hydrogen-bond acceptors (Lipinski definition) is 4. The van der Waals surface area contributed by atoms with Gasteiger partial charge in [-0.05, 0) is 70.4 Å². The first-order valence-electron chi connectivity index (χ1n) is 9.95. The molecule has 0 fully saturated rings. The topological polar surface area (TPSA) is 67.8 Å². The van der Waals surface area contributed by atoms with Gasteiger partial charge in [0.25, 0.3) is 0 Å². The predicted octanol–water partition coefficient (Wildman–Crippen LogP) is 5.51.